The molecule has 15 heavy (non-hydrogen) atoms. The topological polar surface area (TPSA) is 50.7 Å². The van der Waals surface area contributed by atoms with Crippen LogP contribution in [0.4, 0.5) is 8.78 Å². The number of rotatable bonds is 1. The Hall–Kier alpha value is -1.50. The van der Waals surface area contributed by atoms with E-state index in [1.54, 1.807) is 0 Å². The minimum absolute atomic E-state index is 0.000272. The molecule has 0 radical (unpaired) electrons. The Labute approximate surface area is 90.7 Å². The van der Waals surface area contributed by atoms with Crippen molar-refractivity contribution in [3.05, 3.63) is 45.1 Å². The number of H-pyrrole nitrogens is 1. The maximum absolute atomic E-state index is 13.4. The largest absolute Gasteiger partial charge is 0.347 e. The molecule has 1 N–H and O–H groups in total. The third kappa shape index (κ3) is 1.70. The van der Waals surface area contributed by atoms with Crippen molar-refractivity contribution < 1.29 is 8.78 Å². The second-order valence-corrected chi connectivity index (χ2v) is 3.60. The average Bonchev–Trinajstić information content (AvgIpc) is 2.58. The molecular weight excluding hydrogens is 272 g/mol. The van der Waals surface area contributed by atoms with Crippen molar-refractivity contribution in [3.63, 3.8) is 0 Å². The minimum atomic E-state index is -0.716. The molecule has 0 saturated heterocycles. The number of nitrogens with one attached hydrogen (secondary N) is 1. The molecule has 1 aromatic carbocycles. The van der Waals surface area contributed by atoms with E-state index in [2.05, 4.69) is 26.1 Å². The third-order valence-electron chi connectivity index (χ3n) is 1.80. The van der Waals surface area contributed by atoms with Crippen LogP contribution in [0.25, 0.3) is 5.69 Å². The molecule has 0 fully saturated rings. The highest BCUT2D eigenvalue weighted by molar-refractivity contribution is 9.10. The fraction of sp³-hybridized carbons (Fsp3) is 0. The van der Waals surface area contributed by atoms with Crippen LogP contribution in [-0.2, 0) is 0 Å². The van der Waals surface area contributed by atoms with E-state index in [1.165, 1.54) is 0 Å². The van der Waals surface area contributed by atoms with Gasteiger partial charge in [-0.1, -0.05) is 0 Å². The molecule has 0 atom stereocenters. The normalized spacial score (nSPS) is 10.6. The predicted octanol–water partition coefficient (Wildman–Crippen LogP) is 1.60. The third-order valence-corrected chi connectivity index (χ3v) is 2.41. The summed E-state index contributed by atoms with van der Waals surface area (Å²) >= 11 is 2.84. The molecule has 1 heterocycles. The lowest BCUT2D eigenvalue weighted by Crippen LogP contribution is -2.15. The van der Waals surface area contributed by atoms with E-state index in [-0.39, 0.29) is 10.2 Å². The SMILES string of the molecule is O=c1[nH]ncn1-c1cc(F)c(Br)cc1F. The van der Waals surface area contributed by atoms with E-state index < -0.39 is 17.3 Å². The molecular formula is C8H4BrF2N3O. The molecule has 0 spiro atoms. The van der Waals surface area contributed by atoms with Crippen molar-refractivity contribution in [3.8, 4) is 5.69 Å². The van der Waals surface area contributed by atoms with Crippen molar-refractivity contribution >= 4 is 15.9 Å². The Morgan fingerprint density at radius 3 is 2.67 bits per heavy atom. The molecule has 2 rings (SSSR count). The van der Waals surface area contributed by atoms with Crippen LogP contribution in [0, 0.1) is 11.6 Å². The summed E-state index contributed by atoms with van der Waals surface area (Å²) in [5.41, 5.74) is -0.815. The minimum Gasteiger partial charge on any atom is -0.247 e. The second-order valence-electron chi connectivity index (χ2n) is 2.75. The van der Waals surface area contributed by atoms with Crippen molar-refractivity contribution in [1.82, 2.24) is 14.8 Å². The van der Waals surface area contributed by atoms with Gasteiger partial charge in [0.1, 0.15) is 18.0 Å². The zero-order chi connectivity index (χ0) is 11.0. The van der Waals surface area contributed by atoms with Gasteiger partial charge in [-0.25, -0.2) is 23.2 Å². The van der Waals surface area contributed by atoms with Crippen LogP contribution < -0.4 is 5.69 Å². The molecule has 0 aliphatic rings. The highest BCUT2D eigenvalue weighted by Gasteiger charge is 2.11. The summed E-state index contributed by atoms with van der Waals surface area (Å²) in [6, 6.07) is 1.86. The van der Waals surface area contributed by atoms with Crippen LogP contribution in [0.5, 0.6) is 0 Å². The number of aromatic nitrogens is 3. The first-order valence-electron chi connectivity index (χ1n) is 3.86. The van der Waals surface area contributed by atoms with Crippen molar-refractivity contribution in [1.29, 1.82) is 0 Å². The first-order chi connectivity index (χ1) is 7.09. The fourth-order valence-corrected chi connectivity index (χ4v) is 1.43. The van der Waals surface area contributed by atoms with E-state index in [9.17, 15) is 13.6 Å². The van der Waals surface area contributed by atoms with Gasteiger partial charge in [0.15, 0.2) is 0 Å². The van der Waals surface area contributed by atoms with Gasteiger partial charge in [0.05, 0.1) is 10.2 Å². The van der Waals surface area contributed by atoms with Gasteiger partial charge in [-0.3, -0.25) is 0 Å². The van der Waals surface area contributed by atoms with E-state index in [4.69, 9.17) is 0 Å². The molecule has 0 aliphatic heterocycles. The zero-order valence-electron chi connectivity index (χ0n) is 7.17. The first-order valence-corrected chi connectivity index (χ1v) is 4.66. The molecule has 0 aliphatic carbocycles. The molecule has 0 bridgehead atoms. The summed E-state index contributed by atoms with van der Waals surface area (Å²) in [6.45, 7) is 0. The quantitative estimate of drug-likeness (QED) is 0.804. The van der Waals surface area contributed by atoms with Crippen LogP contribution >= 0.6 is 15.9 Å². The van der Waals surface area contributed by atoms with E-state index in [0.717, 1.165) is 23.0 Å². The number of hydrogen-bond acceptors (Lipinski definition) is 2. The maximum Gasteiger partial charge on any atom is 0.347 e. The smallest absolute Gasteiger partial charge is 0.247 e. The van der Waals surface area contributed by atoms with Gasteiger partial charge in [-0.2, -0.15) is 5.10 Å². The van der Waals surface area contributed by atoms with E-state index in [1.807, 2.05) is 0 Å². The molecule has 7 heteroatoms. The van der Waals surface area contributed by atoms with E-state index in [0.29, 0.717) is 0 Å². The Kier molecular flexibility index (Phi) is 2.39. The van der Waals surface area contributed by atoms with Crippen LogP contribution in [0.15, 0.2) is 27.7 Å². The molecule has 0 saturated carbocycles. The van der Waals surface area contributed by atoms with Crippen LogP contribution in [-0.4, -0.2) is 14.8 Å². The van der Waals surface area contributed by atoms with Gasteiger partial charge in [0.2, 0.25) is 0 Å². The van der Waals surface area contributed by atoms with Gasteiger partial charge in [0, 0.05) is 6.07 Å². The molecule has 1 aromatic heterocycles. The summed E-state index contributed by atoms with van der Waals surface area (Å²) in [7, 11) is 0. The van der Waals surface area contributed by atoms with Crippen LogP contribution in [0.1, 0.15) is 0 Å². The summed E-state index contributed by atoms with van der Waals surface area (Å²) < 4.78 is 27.4. The van der Waals surface area contributed by atoms with E-state index >= 15 is 0 Å². The lowest BCUT2D eigenvalue weighted by atomic mass is 10.3. The fourth-order valence-electron chi connectivity index (χ4n) is 1.12. The number of benzene rings is 1. The highest BCUT2D eigenvalue weighted by atomic mass is 79.9. The van der Waals surface area contributed by atoms with Gasteiger partial charge in [0.25, 0.3) is 0 Å². The monoisotopic (exact) mass is 275 g/mol. The molecule has 4 nitrogen and oxygen atoms in total. The highest BCUT2D eigenvalue weighted by Crippen LogP contribution is 2.21. The van der Waals surface area contributed by atoms with Crippen LogP contribution in [0.2, 0.25) is 0 Å². The average molecular weight is 276 g/mol. The lowest BCUT2D eigenvalue weighted by molar-refractivity contribution is 0.586. The Balaban J connectivity index is 2.69. The summed E-state index contributed by atoms with van der Waals surface area (Å²) in [5.74, 6) is -1.37. The molecule has 0 amide bonds. The van der Waals surface area contributed by atoms with Crippen molar-refractivity contribution in [2.75, 3.05) is 0 Å². The number of halogens is 3. The Morgan fingerprint density at radius 1 is 1.33 bits per heavy atom. The molecule has 78 valence electrons. The van der Waals surface area contributed by atoms with Crippen molar-refractivity contribution in [2.45, 2.75) is 0 Å². The standard InChI is InChI=1S/C8H4BrF2N3O/c9-4-1-6(11)7(2-5(4)10)14-3-12-13-8(14)15/h1-3H,(H,13,15). The molecule has 2 aromatic rings. The maximum atomic E-state index is 13.4. The lowest BCUT2D eigenvalue weighted by Gasteiger charge is -2.03. The van der Waals surface area contributed by atoms with Gasteiger partial charge >= 0.3 is 5.69 Å². The van der Waals surface area contributed by atoms with Gasteiger partial charge in [-0.15, -0.1) is 0 Å². The van der Waals surface area contributed by atoms with Crippen molar-refractivity contribution in [2.24, 2.45) is 0 Å². The van der Waals surface area contributed by atoms with Crippen LogP contribution in [0.3, 0.4) is 0 Å². The zero-order valence-corrected chi connectivity index (χ0v) is 8.75. The van der Waals surface area contributed by atoms with Gasteiger partial charge in [-0.05, 0) is 22.0 Å². The summed E-state index contributed by atoms with van der Waals surface area (Å²) in [5, 5.41) is 5.50. The number of aromatic amines is 1. The number of hydrogen-bond donors (Lipinski definition) is 1. The molecule has 0 unspecified atom stereocenters. The predicted molar refractivity (Wildman–Crippen MR) is 51.8 cm³/mol. The second kappa shape index (κ2) is 3.58. The summed E-state index contributed by atoms with van der Waals surface area (Å²) in [6.07, 6.45) is 1.08. The Bertz CT molecular complexity index is 563. The summed E-state index contributed by atoms with van der Waals surface area (Å²) in [4.78, 5) is 11.1. The number of nitrogens with zero attached hydrogens (tertiary/aromatic N) is 2. The first kappa shape index (κ1) is 10.0. The van der Waals surface area contributed by atoms with Gasteiger partial charge < -0.3 is 0 Å². The Morgan fingerprint density at radius 2 is 2.07 bits per heavy atom.